The van der Waals surface area contributed by atoms with Crippen molar-refractivity contribution in [3.8, 4) is 0 Å². The zero-order chi connectivity index (χ0) is 6.69. The van der Waals surface area contributed by atoms with Gasteiger partial charge in [0.25, 0.3) is 0 Å². The van der Waals surface area contributed by atoms with Crippen LogP contribution in [0.15, 0.2) is 6.20 Å². The first-order valence-electron chi connectivity index (χ1n) is 3.01. The maximum atomic E-state index is 8.55. The summed E-state index contributed by atoms with van der Waals surface area (Å²) in [6.45, 7) is 2.03. The summed E-state index contributed by atoms with van der Waals surface area (Å²) in [5, 5.41) is 8.55. The molecule has 3 nitrogen and oxygen atoms in total. The van der Waals surface area contributed by atoms with Crippen molar-refractivity contribution in [2.75, 3.05) is 0 Å². The number of rotatable bonds is 2. The Morgan fingerprint density at radius 1 is 1.70 bits per heavy atom. The van der Waals surface area contributed by atoms with Gasteiger partial charge in [0.15, 0.2) is 0 Å². The van der Waals surface area contributed by atoms with Crippen LogP contribution < -0.4 is 0 Å². The van der Waals surface area contributed by atoms with Crippen LogP contribution in [0.25, 0.3) is 0 Å². The van der Waals surface area contributed by atoms with Gasteiger partial charge in [-0.3, -0.25) is 0 Å². The minimum Gasteiger partial charge on any atom is -0.388 e. The van der Waals surface area contributed by atoms with Gasteiger partial charge in [-0.05, 0) is 6.42 Å². The number of nitrogens with zero attached hydrogens (tertiary/aromatic N) is 1. The molecular weight excluding hydrogens is 152 g/mol. The van der Waals surface area contributed by atoms with Crippen molar-refractivity contribution >= 4 is 12.4 Å². The van der Waals surface area contributed by atoms with Crippen molar-refractivity contribution in [1.82, 2.24) is 9.97 Å². The van der Waals surface area contributed by atoms with Gasteiger partial charge in [-0.15, -0.1) is 12.4 Å². The Hall–Kier alpha value is -0.540. The van der Waals surface area contributed by atoms with E-state index in [2.05, 4.69) is 9.97 Å². The fourth-order valence-electron chi connectivity index (χ4n) is 0.667. The number of hydrogen-bond acceptors (Lipinski definition) is 2. The van der Waals surface area contributed by atoms with Gasteiger partial charge in [-0.25, -0.2) is 4.98 Å². The second-order valence-electron chi connectivity index (χ2n) is 1.85. The third-order valence-electron chi connectivity index (χ3n) is 1.20. The van der Waals surface area contributed by atoms with Crippen LogP contribution in [-0.4, -0.2) is 15.1 Å². The van der Waals surface area contributed by atoms with Crippen LogP contribution in [0.5, 0.6) is 0 Å². The average Bonchev–Trinajstić information content (AvgIpc) is 2.34. The highest BCUT2D eigenvalue weighted by atomic mass is 35.5. The van der Waals surface area contributed by atoms with E-state index in [1.807, 2.05) is 13.1 Å². The maximum Gasteiger partial charge on any atom is 0.132 e. The molecule has 4 heteroatoms. The molecule has 0 bridgehead atoms. The number of hydrogen-bond donors (Lipinski definition) is 2. The van der Waals surface area contributed by atoms with Crippen molar-refractivity contribution < 1.29 is 5.11 Å². The zero-order valence-corrected chi connectivity index (χ0v) is 6.61. The molecule has 0 aliphatic heterocycles. The van der Waals surface area contributed by atoms with E-state index in [1.54, 1.807) is 0 Å². The predicted molar refractivity (Wildman–Crippen MR) is 41.1 cm³/mol. The van der Waals surface area contributed by atoms with Crippen molar-refractivity contribution in [2.45, 2.75) is 20.0 Å². The quantitative estimate of drug-likeness (QED) is 0.679. The van der Waals surface area contributed by atoms with Crippen LogP contribution >= 0.6 is 12.4 Å². The third-order valence-corrected chi connectivity index (χ3v) is 1.20. The molecule has 1 aromatic rings. The standard InChI is InChI=1S/C6H10N2O.ClH/c1-2-5-3-7-6(4-9)8-5;/h3,9H,2,4H2,1H3,(H,7,8);1H. The van der Waals surface area contributed by atoms with Crippen LogP contribution in [0.2, 0.25) is 0 Å². The number of H-pyrrole nitrogens is 1. The van der Waals surface area contributed by atoms with Gasteiger partial charge >= 0.3 is 0 Å². The number of aromatic nitrogens is 2. The number of aliphatic hydroxyl groups excluding tert-OH is 1. The maximum absolute atomic E-state index is 8.55. The lowest BCUT2D eigenvalue weighted by Crippen LogP contribution is -1.85. The van der Waals surface area contributed by atoms with E-state index < -0.39 is 0 Å². The van der Waals surface area contributed by atoms with E-state index in [0.29, 0.717) is 5.82 Å². The van der Waals surface area contributed by atoms with Crippen molar-refractivity contribution in [2.24, 2.45) is 0 Å². The van der Waals surface area contributed by atoms with Gasteiger partial charge < -0.3 is 10.1 Å². The zero-order valence-electron chi connectivity index (χ0n) is 5.79. The average molecular weight is 163 g/mol. The lowest BCUT2D eigenvalue weighted by molar-refractivity contribution is 0.272. The molecule has 58 valence electrons. The Kier molecular flexibility index (Phi) is 4.07. The molecule has 0 unspecified atom stereocenters. The summed E-state index contributed by atoms with van der Waals surface area (Å²) >= 11 is 0. The van der Waals surface area contributed by atoms with Crippen molar-refractivity contribution in [1.29, 1.82) is 0 Å². The summed E-state index contributed by atoms with van der Waals surface area (Å²) in [5.74, 6) is 0.645. The smallest absolute Gasteiger partial charge is 0.132 e. The first kappa shape index (κ1) is 9.46. The van der Waals surface area contributed by atoms with E-state index in [-0.39, 0.29) is 19.0 Å². The van der Waals surface area contributed by atoms with Crippen LogP contribution in [0.4, 0.5) is 0 Å². The molecular formula is C6H11ClN2O. The van der Waals surface area contributed by atoms with Crippen molar-refractivity contribution in [3.63, 3.8) is 0 Å². The largest absolute Gasteiger partial charge is 0.388 e. The van der Waals surface area contributed by atoms with Crippen LogP contribution in [0, 0.1) is 0 Å². The Morgan fingerprint density at radius 3 is 2.70 bits per heavy atom. The van der Waals surface area contributed by atoms with Gasteiger partial charge in [0, 0.05) is 6.20 Å². The summed E-state index contributed by atoms with van der Waals surface area (Å²) < 4.78 is 0. The van der Waals surface area contributed by atoms with E-state index in [1.165, 1.54) is 0 Å². The molecule has 0 amide bonds. The molecule has 2 N–H and O–H groups in total. The number of nitrogens with one attached hydrogen (secondary N) is 1. The Bertz CT molecular complexity index is 169. The van der Waals surface area contributed by atoms with Crippen LogP contribution in [0.3, 0.4) is 0 Å². The molecule has 0 fully saturated rings. The molecule has 10 heavy (non-hydrogen) atoms. The minimum absolute atomic E-state index is 0. The third kappa shape index (κ3) is 2.01. The lowest BCUT2D eigenvalue weighted by Gasteiger charge is -1.82. The molecule has 0 atom stereocenters. The topological polar surface area (TPSA) is 48.9 Å². The number of imidazole rings is 1. The Labute approximate surface area is 65.9 Å². The highest BCUT2D eigenvalue weighted by Gasteiger charge is 1.94. The number of aryl methyl sites for hydroxylation is 1. The van der Waals surface area contributed by atoms with Gasteiger partial charge in [0.2, 0.25) is 0 Å². The molecule has 0 aliphatic rings. The second kappa shape index (κ2) is 4.30. The van der Waals surface area contributed by atoms with Gasteiger partial charge in [-0.1, -0.05) is 6.92 Å². The van der Waals surface area contributed by atoms with Crippen LogP contribution in [0.1, 0.15) is 18.4 Å². The van der Waals surface area contributed by atoms with Gasteiger partial charge in [-0.2, -0.15) is 0 Å². The minimum atomic E-state index is 0. The summed E-state index contributed by atoms with van der Waals surface area (Å²) in [6.07, 6.45) is 2.72. The fraction of sp³-hybridized carbons (Fsp3) is 0.500. The van der Waals surface area contributed by atoms with E-state index in [4.69, 9.17) is 5.11 Å². The first-order chi connectivity index (χ1) is 4.36. The number of halogens is 1. The molecule has 0 spiro atoms. The summed E-state index contributed by atoms with van der Waals surface area (Å²) in [4.78, 5) is 6.89. The number of aliphatic hydroxyl groups is 1. The molecule has 0 aliphatic carbocycles. The predicted octanol–water partition coefficient (Wildman–Crippen LogP) is 0.886. The van der Waals surface area contributed by atoms with Gasteiger partial charge in [0.05, 0.1) is 5.69 Å². The fourth-order valence-corrected chi connectivity index (χ4v) is 0.667. The molecule has 0 radical (unpaired) electrons. The molecule has 1 rings (SSSR count). The molecule has 0 saturated carbocycles. The molecule has 1 heterocycles. The molecule has 0 saturated heterocycles. The lowest BCUT2D eigenvalue weighted by atomic mass is 10.4. The van der Waals surface area contributed by atoms with E-state index in [0.717, 1.165) is 12.1 Å². The highest BCUT2D eigenvalue weighted by Crippen LogP contribution is 1.96. The monoisotopic (exact) mass is 162 g/mol. The van der Waals surface area contributed by atoms with E-state index >= 15 is 0 Å². The summed E-state index contributed by atoms with van der Waals surface area (Å²) in [7, 11) is 0. The van der Waals surface area contributed by atoms with E-state index in [9.17, 15) is 0 Å². The Balaban J connectivity index is 0.000000810. The second-order valence-corrected chi connectivity index (χ2v) is 1.85. The molecule has 1 aromatic heterocycles. The normalized spacial score (nSPS) is 9.00. The first-order valence-corrected chi connectivity index (χ1v) is 3.01. The van der Waals surface area contributed by atoms with Gasteiger partial charge in [0.1, 0.15) is 12.4 Å². The number of aromatic amines is 1. The SMILES string of the molecule is CCc1c[nH]c(CO)n1.Cl. The van der Waals surface area contributed by atoms with Crippen LogP contribution in [-0.2, 0) is 13.0 Å². The molecule has 0 aromatic carbocycles. The Morgan fingerprint density at radius 2 is 2.40 bits per heavy atom. The highest BCUT2D eigenvalue weighted by molar-refractivity contribution is 5.85. The van der Waals surface area contributed by atoms with Crippen molar-refractivity contribution in [3.05, 3.63) is 17.7 Å². The summed E-state index contributed by atoms with van der Waals surface area (Å²) in [6, 6.07) is 0. The summed E-state index contributed by atoms with van der Waals surface area (Å²) in [5.41, 5.74) is 0.999.